The first kappa shape index (κ1) is 22.6. The molecule has 0 bridgehead atoms. The van der Waals surface area contributed by atoms with Gasteiger partial charge in [-0.2, -0.15) is 0 Å². The predicted octanol–water partition coefficient (Wildman–Crippen LogP) is 4.13. The summed E-state index contributed by atoms with van der Waals surface area (Å²) in [6, 6.07) is 15.7. The summed E-state index contributed by atoms with van der Waals surface area (Å²) in [5, 5.41) is 9.15. The molecule has 7 nitrogen and oxygen atoms in total. The van der Waals surface area contributed by atoms with Gasteiger partial charge in [-0.1, -0.05) is 18.2 Å². The van der Waals surface area contributed by atoms with E-state index in [-0.39, 0.29) is 0 Å². The third-order valence-corrected chi connectivity index (χ3v) is 7.21. The summed E-state index contributed by atoms with van der Waals surface area (Å²) < 4.78 is 1.95. The molecule has 0 spiro atoms. The van der Waals surface area contributed by atoms with E-state index in [0.717, 1.165) is 44.8 Å². The highest BCUT2D eigenvalue weighted by Crippen LogP contribution is 2.29. The Kier molecular flexibility index (Phi) is 6.65. The van der Waals surface area contributed by atoms with Crippen LogP contribution in [0.4, 0.5) is 5.69 Å². The van der Waals surface area contributed by atoms with Crippen molar-refractivity contribution in [2.45, 2.75) is 25.8 Å². The number of para-hydroxylation sites is 1. The Morgan fingerprint density at radius 3 is 2.53 bits per heavy atom. The number of hydrogen-bond donors (Lipinski definition) is 1. The molecule has 7 heteroatoms. The second-order valence-corrected chi connectivity index (χ2v) is 9.52. The van der Waals surface area contributed by atoms with Crippen molar-refractivity contribution in [2.75, 3.05) is 51.7 Å². The van der Waals surface area contributed by atoms with Gasteiger partial charge in [0.25, 0.3) is 0 Å². The molecule has 1 N–H and O–H groups in total. The van der Waals surface area contributed by atoms with Crippen LogP contribution in [0.25, 0.3) is 16.6 Å². The van der Waals surface area contributed by atoms with Crippen LogP contribution in [-0.4, -0.2) is 76.4 Å². The van der Waals surface area contributed by atoms with E-state index in [1.165, 1.54) is 34.1 Å². The van der Waals surface area contributed by atoms with Crippen LogP contribution in [0.15, 0.2) is 61.3 Å². The Bertz CT molecular complexity index is 1200. The lowest BCUT2D eigenvalue weighted by Crippen LogP contribution is -2.47. The number of piperazine rings is 1. The summed E-state index contributed by atoms with van der Waals surface area (Å²) in [4.78, 5) is 10.9. The molecule has 1 aliphatic rings. The number of rotatable bonds is 8. The van der Waals surface area contributed by atoms with Crippen LogP contribution >= 0.6 is 0 Å². The standard InChI is InChI=1S/C27H35N7/c1-21(24-8-4-5-9-27(24)31(2)3)33-15-13-32(14-16-33)12-6-7-22-18-28-26-11-10-23(17-25(22)26)34-19-29-30-20-34/h4-5,8-11,17-21,28H,6-7,12-16H2,1-3H3. The minimum Gasteiger partial charge on any atom is -0.377 e. The first-order valence-electron chi connectivity index (χ1n) is 12.3. The zero-order chi connectivity index (χ0) is 23.5. The fourth-order valence-corrected chi connectivity index (χ4v) is 5.18. The van der Waals surface area contributed by atoms with Gasteiger partial charge in [0.15, 0.2) is 0 Å². The third-order valence-electron chi connectivity index (χ3n) is 7.21. The van der Waals surface area contributed by atoms with Crippen LogP contribution in [0.5, 0.6) is 0 Å². The molecule has 178 valence electrons. The topological polar surface area (TPSA) is 56.2 Å². The van der Waals surface area contributed by atoms with Gasteiger partial charge in [-0.15, -0.1) is 10.2 Å². The van der Waals surface area contributed by atoms with Gasteiger partial charge in [0, 0.05) is 74.8 Å². The van der Waals surface area contributed by atoms with Crippen LogP contribution in [-0.2, 0) is 6.42 Å². The lowest BCUT2D eigenvalue weighted by molar-refractivity contribution is 0.102. The quantitative estimate of drug-likeness (QED) is 0.431. The number of H-pyrrole nitrogens is 1. The predicted molar refractivity (Wildman–Crippen MR) is 139 cm³/mol. The monoisotopic (exact) mass is 457 g/mol. The Balaban J connectivity index is 1.15. The maximum atomic E-state index is 3.93. The number of benzene rings is 2. The first-order chi connectivity index (χ1) is 16.6. The maximum absolute atomic E-state index is 3.93. The molecule has 0 saturated carbocycles. The molecule has 2 aromatic heterocycles. The molecule has 1 saturated heterocycles. The highest BCUT2D eigenvalue weighted by atomic mass is 15.3. The van der Waals surface area contributed by atoms with E-state index >= 15 is 0 Å². The normalized spacial score (nSPS) is 16.2. The summed E-state index contributed by atoms with van der Waals surface area (Å²) in [5.74, 6) is 0. The molecule has 0 radical (unpaired) electrons. The largest absolute Gasteiger partial charge is 0.377 e. The summed E-state index contributed by atoms with van der Waals surface area (Å²) >= 11 is 0. The number of hydrogen-bond acceptors (Lipinski definition) is 5. The second kappa shape index (κ2) is 9.99. The van der Waals surface area contributed by atoms with Crippen molar-refractivity contribution in [1.82, 2.24) is 29.5 Å². The summed E-state index contributed by atoms with van der Waals surface area (Å²) in [6.07, 6.45) is 7.91. The third kappa shape index (κ3) is 4.72. The molecule has 4 aromatic rings. The van der Waals surface area contributed by atoms with Crippen LogP contribution < -0.4 is 4.90 Å². The van der Waals surface area contributed by atoms with Crippen LogP contribution in [0.3, 0.4) is 0 Å². The molecule has 34 heavy (non-hydrogen) atoms. The van der Waals surface area contributed by atoms with Gasteiger partial charge in [0.05, 0.1) is 0 Å². The molecule has 0 amide bonds. The minimum absolute atomic E-state index is 0.437. The average Bonchev–Trinajstić information content (AvgIpc) is 3.54. The number of aromatic amines is 1. The molecule has 1 unspecified atom stereocenters. The number of nitrogens with one attached hydrogen (secondary N) is 1. The smallest absolute Gasteiger partial charge is 0.123 e. The van der Waals surface area contributed by atoms with Gasteiger partial charge in [-0.05, 0) is 61.7 Å². The highest BCUT2D eigenvalue weighted by molar-refractivity contribution is 5.85. The van der Waals surface area contributed by atoms with Crippen molar-refractivity contribution in [2.24, 2.45) is 0 Å². The minimum atomic E-state index is 0.437. The lowest BCUT2D eigenvalue weighted by Gasteiger charge is -2.39. The van der Waals surface area contributed by atoms with Gasteiger partial charge in [-0.3, -0.25) is 9.47 Å². The van der Waals surface area contributed by atoms with Crippen molar-refractivity contribution in [3.05, 3.63) is 72.4 Å². The summed E-state index contributed by atoms with van der Waals surface area (Å²) in [7, 11) is 4.26. The number of aromatic nitrogens is 4. The molecular formula is C27H35N7. The van der Waals surface area contributed by atoms with Crippen LogP contribution in [0.1, 0.15) is 30.5 Å². The molecule has 1 fully saturated rings. The van der Waals surface area contributed by atoms with E-state index in [2.05, 4.69) is 99.6 Å². The van der Waals surface area contributed by atoms with Crippen molar-refractivity contribution >= 4 is 16.6 Å². The number of fused-ring (bicyclic) bond motifs is 1. The zero-order valence-corrected chi connectivity index (χ0v) is 20.5. The van der Waals surface area contributed by atoms with Crippen molar-refractivity contribution in [3.8, 4) is 5.69 Å². The number of aryl methyl sites for hydroxylation is 1. The maximum Gasteiger partial charge on any atom is 0.123 e. The Morgan fingerprint density at radius 1 is 1.00 bits per heavy atom. The van der Waals surface area contributed by atoms with E-state index in [9.17, 15) is 0 Å². The molecule has 0 aliphatic carbocycles. The Hall–Kier alpha value is -3.16. The van der Waals surface area contributed by atoms with E-state index < -0.39 is 0 Å². The molecular weight excluding hydrogens is 422 g/mol. The van der Waals surface area contributed by atoms with Gasteiger partial charge < -0.3 is 14.8 Å². The van der Waals surface area contributed by atoms with Crippen molar-refractivity contribution < 1.29 is 0 Å². The van der Waals surface area contributed by atoms with Crippen LogP contribution in [0, 0.1) is 0 Å². The van der Waals surface area contributed by atoms with Gasteiger partial charge in [0.1, 0.15) is 12.7 Å². The van der Waals surface area contributed by atoms with E-state index in [0.29, 0.717) is 6.04 Å². The van der Waals surface area contributed by atoms with E-state index in [1.54, 1.807) is 12.7 Å². The molecule has 5 rings (SSSR count). The fraction of sp³-hybridized carbons (Fsp3) is 0.407. The summed E-state index contributed by atoms with van der Waals surface area (Å²) in [5.41, 5.74) is 6.42. The molecule has 2 aromatic carbocycles. The fourth-order valence-electron chi connectivity index (χ4n) is 5.18. The van der Waals surface area contributed by atoms with Gasteiger partial charge in [0.2, 0.25) is 0 Å². The molecule has 1 aliphatic heterocycles. The van der Waals surface area contributed by atoms with Crippen LogP contribution in [0.2, 0.25) is 0 Å². The number of nitrogens with zero attached hydrogens (tertiary/aromatic N) is 6. The van der Waals surface area contributed by atoms with E-state index in [1.807, 2.05) is 4.57 Å². The van der Waals surface area contributed by atoms with Gasteiger partial charge >= 0.3 is 0 Å². The number of anilines is 1. The molecule has 1 atom stereocenters. The highest BCUT2D eigenvalue weighted by Gasteiger charge is 2.23. The molecule has 3 heterocycles. The van der Waals surface area contributed by atoms with Gasteiger partial charge in [-0.25, -0.2) is 0 Å². The second-order valence-electron chi connectivity index (χ2n) is 9.52. The SMILES string of the molecule is CC(c1ccccc1N(C)C)N1CCN(CCCc2c[nH]c3ccc(-n4cnnc4)cc23)CC1. The Labute approximate surface area is 202 Å². The van der Waals surface area contributed by atoms with Crippen molar-refractivity contribution in [3.63, 3.8) is 0 Å². The van der Waals surface area contributed by atoms with E-state index in [4.69, 9.17) is 0 Å². The Morgan fingerprint density at radius 2 is 1.76 bits per heavy atom. The average molecular weight is 458 g/mol. The lowest BCUT2D eigenvalue weighted by atomic mass is 10.0. The zero-order valence-electron chi connectivity index (χ0n) is 20.5. The first-order valence-corrected chi connectivity index (χ1v) is 12.3. The summed E-state index contributed by atoms with van der Waals surface area (Å²) in [6.45, 7) is 8.02. The van der Waals surface area contributed by atoms with Crippen molar-refractivity contribution in [1.29, 1.82) is 0 Å².